The summed E-state index contributed by atoms with van der Waals surface area (Å²) in [6.45, 7) is 17.7. The third kappa shape index (κ3) is 13.4. The summed E-state index contributed by atoms with van der Waals surface area (Å²) in [7, 11) is -4.00. The first-order chi connectivity index (χ1) is 24.4. The van der Waals surface area contributed by atoms with Crippen molar-refractivity contribution in [2.45, 2.75) is 142 Å². The summed E-state index contributed by atoms with van der Waals surface area (Å²) in [6.07, 6.45) is 10.5. The highest BCUT2D eigenvalue weighted by molar-refractivity contribution is 7.92. The lowest BCUT2D eigenvalue weighted by Gasteiger charge is -2.23. The average Bonchev–Trinajstić information content (AvgIpc) is 3.08. The second-order valence-corrected chi connectivity index (χ2v) is 16.1. The first kappa shape index (κ1) is 41.7. The summed E-state index contributed by atoms with van der Waals surface area (Å²) in [6, 6.07) is 16.8. The van der Waals surface area contributed by atoms with Gasteiger partial charge in [0.25, 0.3) is 10.0 Å². The van der Waals surface area contributed by atoms with E-state index in [0.29, 0.717) is 35.2 Å². The number of benzene rings is 3. The number of sulfonamides is 1. The molecule has 0 atom stereocenters. The molecule has 0 unspecified atom stereocenters. The third-order valence-corrected chi connectivity index (χ3v) is 10.5. The highest BCUT2D eigenvalue weighted by atomic mass is 32.2. The number of carbonyl (C=O) groups is 1. The Kier molecular flexibility index (Phi) is 17.1. The van der Waals surface area contributed by atoms with Gasteiger partial charge in [-0.2, -0.15) is 0 Å². The van der Waals surface area contributed by atoms with Gasteiger partial charge in [0.15, 0.2) is 0 Å². The van der Waals surface area contributed by atoms with Crippen molar-refractivity contribution in [1.82, 2.24) is 0 Å². The van der Waals surface area contributed by atoms with Gasteiger partial charge in [-0.25, -0.2) is 13.2 Å². The fraction of sp³-hybridized carbons (Fsp3) is 0.548. The second kappa shape index (κ2) is 21.0. The van der Waals surface area contributed by atoms with Crippen LogP contribution >= 0.6 is 0 Å². The van der Waals surface area contributed by atoms with Crippen LogP contribution in [0.15, 0.2) is 59.5 Å². The summed E-state index contributed by atoms with van der Waals surface area (Å²) in [5.74, 6) is 1.05. The van der Waals surface area contributed by atoms with Crippen LogP contribution in [0.2, 0.25) is 0 Å². The molecule has 0 aromatic heterocycles. The molecule has 0 spiro atoms. The first-order valence-electron chi connectivity index (χ1n) is 19.1. The van der Waals surface area contributed by atoms with E-state index >= 15 is 0 Å². The summed E-state index contributed by atoms with van der Waals surface area (Å²) < 4.78 is 42.7. The number of unbranched alkanes of at least 4 members (excludes halogenated alkanes) is 8. The Bertz CT molecular complexity index is 1590. The molecule has 0 saturated heterocycles. The Morgan fingerprint density at radius 1 is 0.647 bits per heavy atom. The molecule has 0 heterocycles. The number of amides is 1. The molecule has 3 N–H and O–H groups in total. The van der Waals surface area contributed by atoms with Crippen LogP contribution in [0, 0.1) is 0 Å². The zero-order valence-electron chi connectivity index (χ0n) is 32.4. The molecular formula is C42H63N3O5S. The Morgan fingerprint density at radius 3 is 1.78 bits per heavy atom. The quantitative estimate of drug-likeness (QED) is 0.0892. The molecule has 0 aliphatic heterocycles. The molecule has 51 heavy (non-hydrogen) atoms. The highest BCUT2D eigenvalue weighted by Crippen LogP contribution is 2.37. The lowest BCUT2D eigenvalue weighted by Crippen LogP contribution is -2.20. The molecule has 3 aromatic carbocycles. The molecule has 282 valence electrons. The third-order valence-electron chi connectivity index (χ3n) is 8.99. The lowest BCUT2D eigenvalue weighted by molar-refractivity contribution is 0.159. The van der Waals surface area contributed by atoms with E-state index in [-0.39, 0.29) is 17.8 Å². The molecule has 8 nitrogen and oxygen atoms in total. The van der Waals surface area contributed by atoms with E-state index in [1.807, 2.05) is 64.1 Å². The molecule has 0 radical (unpaired) electrons. The Balaban J connectivity index is 1.88. The molecule has 1 amide bonds. The minimum atomic E-state index is -4.00. The van der Waals surface area contributed by atoms with E-state index in [0.717, 1.165) is 60.2 Å². The number of hydrogen-bond acceptors (Lipinski definition) is 6. The topological polar surface area (TPSA) is 106 Å². The van der Waals surface area contributed by atoms with Crippen molar-refractivity contribution < 1.29 is 22.7 Å². The van der Waals surface area contributed by atoms with Crippen LogP contribution in [-0.2, 0) is 14.8 Å². The van der Waals surface area contributed by atoms with Crippen LogP contribution in [-0.4, -0.2) is 27.7 Å². The molecule has 0 saturated carbocycles. The molecule has 3 aromatic rings. The summed E-state index contributed by atoms with van der Waals surface area (Å²) in [5, 5.41) is 6.23. The largest absolute Gasteiger partial charge is 0.494 e. The van der Waals surface area contributed by atoms with Gasteiger partial charge in [0, 0.05) is 5.69 Å². The van der Waals surface area contributed by atoms with Gasteiger partial charge in [-0.3, -0.25) is 10.0 Å². The van der Waals surface area contributed by atoms with Gasteiger partial charge in [0.05, 0.1) is 35.2 Å². The van der Waals surface area contributed by atoms with Crippen LogP contribution in [0.4, 0.5) is 27.5 Å². The van der Waals surface area contributed by atoms with Gasteiger partial charge < -0.3 is 14.8 Å². The van der Waals surface area contributed by atoms with Crippen LogP contribution in [0.3, 0.4) is 0 Å². The van der Waals surface area contributed by atoms with Gasteiger partial charge in [-0.15, -0.1) is 0 Å². The Morgan fingerprint density at radius 2 is 1.20 bits per heavy atom. The van der Waals surface area contributed by atoms with Crippen molar-refractivity contribution in [3.05, 3.63) is 71.3 Å². The highest BCUT2D eigenvalue weighted by Gasteiger charge is 2.27. The van der Waals surface area contributed by atoms with E-state index in [9.17, 15) is 13.2 Å². The van der Waals surface area contributed by atoms with Gasteiger partial charge in [0.1, 0.15) is 5.75 Å². The first-order valence-corrected chi connectivity index (χ1v) is 20.6. The van der Waals surface area contributed by atoms with Crippen molar-refractivity contribution in [3.8, 4) is 5.75 Å². The maximum Gasteiger partial charge on any atom is 0.411 e. The lowest BCUT2D eigenvalue weighted by atomic mass is 9.89. The van der Waals surface area contributed by atoms with Crippen molar-refractivity contribution >= 4 is 38.9 Å². The minimum Gasteiger partial charge on any atom is -0.494 e. The van der Waals surface area contributed by atoms with Crippen molar-refractivity contribution in [2.75, 3.05) is 28.6 Å². The van der Waals surface area contributed by atoms with Crippen LogP contribution < -0.4 is 20.1 Å². The van der Waals surface area contributed by atoms with Crippen molar-refractivity contribution in [2.24, 2.45) is 0 Å². The molecular weight excluding hydrogens is 659 g/mol. The minimum absolute atomic E-state index is 0.00385. The molecule has 0 aliphatic rings. The Labute approximate surface area is 308 Å². The predicted octanol–water partition coefficient (Wildman–Crippen LogP) is 12.5. The number of rotatable bonds is 22. The monoisotopic (exact) mass is 721 g/mol. The standard InChI is InChI=1S/C42H63N3O5S/c1-9-11-13-15-16-18-26-50-42(46)44-40-29-35(21-24-39(40)43-34-19-22-36(23-20-34)49-25-17-14-12-10-2)45-51(47,48)41-37(31(5)6)27-33(30(3)4)28-38(41)32(7)8/h19-24,27-32,43,45H,9-18,25-26H2,1-8H3,(H,44,46). The fourth-order valence-electron chi connectivity index (χ4n) is 5.93. The normalized spacial score (nSPS) is 11.7. The van der Waals surface area contributed by atoms with E-state index in [2.05, 4.69) is 43.1 Å². The molecule has 0 aliphatic carbocycles. The van der Waals surface area contributed by atoms with Crippen molar-refractivity contribution in [1.29, 1.82) is 0 Å². The zero-order valence-corrected chi connectivity index (χ0v) is 33.2. The van der Waals surface area contributed by atoms with Crippen molar-refractivity contribution in [3.63, 3.8) is 0 Å². The van der Waals surface area contributed by atoms with Gasteiger partial charge in [-0.1, -0.05) is 119 Å². The summed E-state index contributed by atoms with van der Waals surface area (Å²) >= 11 is 0. The van der Waals surface area contributed by atoms with E-state index in [1.165, 1.54) is 32.1 Å². The van der Waals surface area contributed by atoms with E-state index in [1.54, 1.807) is 18.2 Å². The summed E-state index contributed by atoms with van der Waals surface area (Å²) in [4.78, 5) is 13.3. The summed E-state index contributed by atoms with van der Waals surface area (Å²) in [5.41, 5.74) is 4.81. The number of anilines is 4. The number of nitrogens with one attached hydrogen (secondary N) is 3. The predicted molar refractivity (Wildman–Crippen MR) is 214 cm³/mol. The van der Waals surface area contributed by atoms with Gasteiger partial charge in [-0.05, 0) is 89.8 Å². The molecule has 9 heteroatoms. The molecule has 0 bridgehead atoms. The van der Waals surface area contributed by atoms with E-state index in [4.69, 9.17) is 9.47 Å². The number of ether oxygens (including phenoxy) is 2. The van der Waals surface area contributed by atoms with Crippen LogP contribution in [0.25, 0.3) is 0 Å². The zero-order chi connectivity index (χ0) is 37.4. The van der Waals surface area contributed by atoms with E-state index < -0.39 is 16.1 Å². The molecule has 0 fully saturated rings. The second-order valence-electron chi connectivity index (χ2n) is 14.4. The maximum absolute atomic E-state index is 14.2. The number of hydrogen-bond donors (Lipinski definition) is 3. The molecule has 3 rings (SSSR count). The smallest absolute Gasteiger partial charge is 0.411 e. The van der Waals surface area contributed by atoms with Gasteiger partial charge >= 0.3 is 6.09 Å². The number of carbonyl (C=O) groups excluding carboxylic acids is 1. The van der Waals surface area contributed by atoms with Crippen LogP contribution in [0.1, 0.15) is 154 Å². The average molecular weight is 722 g/mol. The van der Waals surface area contributed by atoms with Gasteiger partial charge in [0.2, 0.25) is 0 Å². The fourth-order valence-corrected chi connectivity index (χ4v) is 7.68. The SMILES string of the molecule is CCCCCCCCOC(=O)Nc1cc(NS(=O)(=O)c2c(C(C)C)cc(C(C)C)cc2C(C)C)ccc1Nc1ccc(OCCCCCC)cc1. The van der Waals surface area contributed by atoms with Crippen LogP contribution in [0.5, 0.6) is 5.75 Å². The maximum atomic E-state index is 14.2. The Hall–Kier alpha value is -3.72.